The third kappa shape index (κ3) is 3.00. The SMILES string of the molecule is CC1CCC(=CC(=O)N2CCC(O)(c3cn[nH]n3)C2)CC1. The van der Waals surface area contributed by atoms with Gasteiger partial charge in [0.2, 0.25) is 5.91 Å². The summed E-state index contributed by atoms with van der Waals surface area (Å²) >= 11 is 0. The van der Waals surface area contributed by atoms with Gasteiger partial charge in [-0.15, -0.1) is 0 Å². The maximum absolute atomic E-state index is 12.3. The number of hydrogen-bond acceptors (Lipinski definition) is 4. The van der Waals surface area contributed by atoms with E-state index in [0.29, 0.717) is 25.2 Å². The van der Waals surface area contributed by atoms with Crippen molar-refractivity contribution < 1.29 is 9.90 Å². The minimum atomic E-state index is -1.07. The fourth-order valence-electron chi connectivity index (χ4n) is 3.16. The molecule has 1 aromatic heterocycles. The van der Waals surface area contributed by atoms with Gasteiger partial charge in [0.05, 0.1) is 12.7 Å². The molecule has 1 aromatic rings. The second kappa shape index (κ2) is 5.60. The summed E-state index contributed by atoms with van der Waals surface area (Å²) in [6.07, 6.45) is 8.19. The van der Waals surface area contributed by atoms with E-state index in [1.54, 1.807) is 11.0 Å². The van der Waals surface area contributed by atoms with Crippen LogP contribution in [-0.2, 0) is 10.4 Å². The minimum Gasteiger partial charge on any atom is -0.381 e. The zero-order valence-electron chi connectivity index (χ0n) is 12.4. The lowest BCUT2D eigenvalue weighted by molar-refractivity contribution is -0.126. The zero-order valence-corrected chi connectivity index (χ0v) is 12.4. The first-order valence-electron chi connectivity index (χ1n) is 7.64. The number of aromatic nitrogens is 3. The summed E-state index contributed by atoms with van der Waals surface area (Å²) < 4.78 is 0. The highest BCUT2D eigenvalue weighted by Crippen LogP contribution is 2.31. The third-order valence-corrected chi connectivity index (χ3v) is 4.70. The Kier molecular flexibility index (Phi) is 3.80. The zero-order chi connectivity index (χ0) is 14.9. The molecule has 1 aliphatic carbocycles. The molecule has 2 heterocycles. The first-order valence-corrected chi connectivity index (χ1v) is 7.64. The molecule has 114 valence electrons. The molecular formula is C15H22N4O2. The van der Waals surface area contributed by atoms with E-state index < -0.39 is 5.60 Å². The topological polar surface area (TPSA) is 82.1 Å². The molecule has 1 amide bonds. The molecule has 6 heteroatoms. The predicted octanol–water partition coefficient (Wildman–Crippen LogP) is 1.36. The van der Waals surface area contributed by atoms with Crippen molar-refractivity contribution in [1.29, 1.82) is 0 Å². The molecule has 2 aliphatic rings. The Morgan fingerprint density at radius 3 is 2.95 bits per heavy atom. The van der Waals surface area contributed by atoms with Gasteiger partial charge in [0.15, 0.2) is 0 Å². The van der Waals surface area contributed by atoms with Gasteiger partial charge in [0.1, 0.15) is 11.3 Å². The number of aliphatic hydroxyl groups is 1. The summed E-state index contributed by atoms with van der Waals surface area (Å²) in [6.45, 7) is 3.11. The molecule has 21 heavy (non-hydrogen) atoms. The van der Waals surface area contributed by atoms with Gasteiger partial charge >= 0.3 is 0 Å². The highest BCUT2D eigenvalue weighted by molar-refractivity contribution is 5.88. The number of nitrogens with one attached hydrogen (secondary N) is 1. The molecule has 2 N–H and O–H groups in total. The summed E-state index contributed by atoms with van der Waals surface area (Å²) in [6, 6.07) is 0. The number of rotatable bonds is 2. The Morgan fingerprint density at radius 1 is 1.52 bits per heavy atom. The lowest BCUT2D eigenvalue weighted by Gasteiger charge is -2.22. The fraction of sp³-hybridized carbons (Fsp3) is 0.667. The second-order valence-corrected chi connectivity index (χ2v) is 6.38. The lowest BCUT2D eigenvalue weighted by atomic mass is 9.87. The van der Waals surface area contributed by atoms with Crippen molar-refractivity contribution in [2.45, 2.75) is 44.6 Å². The van der Waals surface area contributed by atoms with Crippen LogP contribution in [0.3, 0.4) is 0 Å². The molecule has 0 aromatic carbocycles. The van der Waals surface area contributed by atoms with E-state index in [2.05, 4.69) is 22.3 Å². The van der Waals surface area contributed by atoms with Crippen molar-refractivity contribution in [1.82, 2.24) is 20.3 Å². The van der Waals surface area contributed by atoms with Crippen LogP contribution in [0.5, 0.6) is 0 Å². The molecule has 1 saturated heterocycles. The molecular weight excluding hydrogens is 268 g/mol. The van der Waals surface area contributed by atoms with Crippen LogP contribution in [0.15, 0.2) is 17.8 Å². The van der Waals surface area contributed by atoms with E-state index in [0.717, 1.165) is 18.8 Å². The first kappa shape index (κ1) is 14.3. The minimum absolute atomic E-state index is 0.0129. The van der Waals surface area contributed by atoms with Gasteiger partial charge in [0, 0.05) is 19.0 Å². The Labute approximate surface area is 124 Å². The molecule has 1 saturated carbocycles. The van der Waals surface area contributed by atoms with Crippen LogP contribution in [0.25, 0.3) is 0 Å². The summed E-state index contributed by atoms with van der Waals surface area (Å²) in [4.78, 5) is 14.1. The van der Waals surface area contributed by atoms with E-state index in [4.69, 9.17) is 0 Å². The molecule has 2 fully saturated rings. The third-order valence-electron chi connectivity index (χ3n) is 4.70. The van der Waals surface area contributed by atoms with Crippen LogP contribution in [0, 0.1) is 5.92 Å². The molecule has 0 bridgehead atoms. The first-order chi connectivity index (χ1) is 10.1. The van der Waals surface area contributed by atoms with Gasteiger partial charge in [-0.2, -0.15) is 15.4 Å². The second-order valence-electron chi connectivity index (χ2n) is 6.38. The van der Waals surface area contributed by atoms with Crippen molar-refractivity contribution in [2.24, 2.45) is 5.92 Å². The van der Waals surface area contributed by atoms with Crippen LogP contribution in [0.4, 0.5) is 0 Å². The standard InChI is InChI=1S/C15H22N4O2/c1-11-2-4-12(5-3-11)8-14(20)19-7-6-15(21,10-19)13-9-16-18-17-13/h8-9,11,21H,2-7,10H2,1H3,(H,16,17,18). The smallest absolute Gasteiger partial charge is 0.246 e. The number of likely N-dealkylation sites (tertiary alicyclic amines) is 1. The van der Waals surface area contributed by atoms with E-state index in [1.165, 1.54) is 24.6 Å². The van der Waals surface area contributed by atoms with Gasteiger partial charge in [-0.05, 0) is 31.6 Å². The highest BCUT2D eigenvalue weighted by Gasteiger charge is 2.41. The van der Waals surface area contributed by atoms with E-state index in [9.17, 15) is 9.90 Å². The number of hydrogen-bond donors (Lipinski definition) is 2. The predicted molar refractivity (Wildman–Crippen MR) is 77.2 cm³/mol. The van der Waals surface area contributed by atoms with Crippen molar-refractivity contribution in [3.8, 4) is 0 Å². The number of amides is 1. The number of β-amino-alcohol motifs (C(OH)–C–C–N with tert-alkyl or cyclic N) is 1. The number of H-pyrrole nitrogens is 1. The van der Waals surface area contributed by atoms with Crippen molar-refractivity contribution in [3.63, 3.8) is 0 Å². The van der Waals surface area contributed by atoms with Crippen LogP contribution < -0.4 is 0 Å². The van der Waals surface area contributed by atoms with Crippen LogP contribution in [-0.4, -0.2) is 44.4 Å². The van der Waals surface area contributed by atoms with E-state index >= 15 is 0 Å². The summed E-state index contributed by atoms with van der Waals surface area (Å²) in [5.74, 6) is 0.778. The Bertz CT molecular complexity index is 530. The fourth-order valence-corrected chi connectivity index (χ4v) is 3.16. The molecule has 1 atom stereocenters. The van der Waals surface area contributed by atoms with Crippen molar-refractivity contribution in [2.75, 3.05) is 13.1 Å². The molecule has 0 radical (unpaired) electrons. The van der Waals surface area contributed by atoms with Gasteiger partial charge < -0.3 is 10.0 Å². The Balaban J connectivity index is 1.63. The van der Waals surface area contributed by atoms with Gasteiger partial charge in [0.25, 0.3) is 0 Å². The van der Waals surface area contributed by atoms with Crippen molar-refractivity contribution >= 4 is 5.91 Å². The van der Waals surface area contributed by atoms with Crippen LogP contribution in [0.2, 0.25) is 0 Å². The molecule has 1 aliphatic heterocycles. The number of aromatic amines is 1. The molecule has 0 spiro atoms. The van der Waals surface area contributed by atoms with E-state index in [-0.39, 0.29) is 5.91 Å². The van der Waals surface area contributed by atoms with Crippen LogP contribution >= 0.6 is 0 Å². The largest absolute Gasteiger partial charge is 0.381 e. The lowest BCUT2D eigenvalue weighted by Crippen LogP contribution is -2.34. The van der Waals surface area contributed by atoms with E-state index in [1.807, 2.05) is 0 Å². The average molecular weight is 290 g/mol. The number of nitrogens with zero attached hydrogens (tertiary/aromatic N) is 3. The Hall–Kier alpha value is -1.69. The molecule has 1 unspecified atom stereocenters. The van der Waals surface area contributed by atoms with Gasteiger partial charge in [-0.3, -0.25) is 4.79 Å². The maximum Gasteiger partial charge on any atom is 0.246 e. The molecule has 3 rings (SSSR count). The quantitative estimate of drug-likeness (QED) is 0.806. The number of allylic oxidation sites excluding steroid dienone is 1. The Morgan fingerprint density at radius 2 is 2.29 bits per heavy atom. The number of carbonyl (C=O) groups excluding carboxylic acids is 1. The van der Waals surface area contributed by atoms with Gasteiger partial charge in [-0.1, -0.05) is 12.5 Å². The summed E-state index contributed by atoms with van der Waals surface area (Å²) in [5, 5.41) is 20.8. The van der Waals surface area contributed by atoms with Crippen molar-refractivity contribution in [3.05, 3.63) is 23.5 Å². The maximum atomic E-state index is 12.3. The summed E-state index contributed by atoms with van der Waals surface area (Å²) in [7, 11) is 0. The molecule has 6 nitrogen and oxygen atoms in total. The van der Waals surface area contributed by atoms with Gasteiger partial charge in [-0.25, -0.2) is 0 Å². The van der Waals surface area contributed by atoms with Crippen LogP contribution in [0.1, 0.15) is 44.7 Å². The average Bonchev–Trinajstić information content (AvgIpc) is 3.11. The summed E-state index contributed by atoms with van der Waals surface area (Å²) in [5.41, 5.74) is 0.689. The normalized spacial score (nSPS) is 29.7. The number of carbonyl (C=O) groups is 1. The monoisotopic (exact) mass is 290 g/mol. The highest BCUT2D eigenvalue weighted by atomic mass is 16.3.